The fraction of sp³-hybridized carbons (Fsp3) is 0.150. The summed E-state index contributed by atoms with van der Waals surface area (Å²) in [5.74, 6) is 0.750. The molecule has 0 saturated carbocycles. The normalized spacial score (nSPS) is 11.0. The van der Waals surface area contributed by atoms with Crippen LogP contribution in [0.25, 0.3) is 16.9 Å². The van der Waals surface area contributed by atoms with E-state index in [0.717, 1.165) is 28.4 Å². The molecule has 124 valence electrons. The van der Waals surface area contributed by atoms with E-state index >= 15 is 0 Å². The third kappa shape index (κ3) is 3.08. The van der Waals surface area contributed by atoms with E-state index in [9.17, 15) is 0 Å². The quantitative estimate of drug-likeness (QED) is 0.614. The molecule has 5 nitrogen and oxygen atoms in total. The Morgan fingerprint density at radius 1 is 0.960 bits per heavy atom. The lowest BCUT2D eigenvalue weighted by molar-refractivity contribution is 0.984. The van der Waals surface area contributed by atoms with Crippen molar-refractivity contribution in [2.45, 2.75) is 20.4 Å². The molecule has 0 aliphatic carbocycles. The van der Waals surface area contributed by atoms with Crippen molar-refractivity contribution in [2.24, 2.45) is 0 Å². The summed E-state index contributed by atoms with van der Waals surface area (Å²) in [5, 5.41) is 3.35. The number of rotatable bonds is 4. The Balaban J connectivity index is 1.79. The summed E-state index contributed by atoms with van der Waals surface area (Å²) in [5.41, 5.74) is 6.58. The van der Waals surface area contributed by atoms with Crippen LogP contribution in [0.3, 0.4) is 0 Å². The van der Waals surface area contributed by atoms with E-state index in [1.54, 1.807) is 18.6 Å². The van der Waals surface area contributed by atoms with Crippen LogP contribution in [0.15, 0.2) is 61.2 Å². The highest BCUT2D eigenvalue weighted by Gasteiger charge is 2.14. The molecular weight excluding hydrogens is 310 g/mol. The van der Waals surface area contributed by atoms with E-state index in [2.05, 4.69) is 76.1 Å². The molecule has 0 amide bonds. The van der Waals surface area contributed by atoms with Gasteiger partial charge in [0, 0.05) is 24.2 Å². The molecular formula is C20H19N5. The number of nitrogens with zero attached hydrogens (tertiary/aromatic N) is 4. The van der Waals surface area contributed by atoms with Crippen LogP contribution in [0.5, 0.6) is 0 Å². The van der Waals surface area contributed by atoms with Crippen molar-refractivity contribution in [1.29, 1.82) is 0 Å². The van der Waals surface area contributed by atoms with E-state index in [1.807, 2.05) is 0 Å². The smallest absolute Gasteiger partial charge is 0.144 e. The average molecular weight is 329 g/mol. The highest BCUT2D eigenvalue weighted by atomic mass is 15.1. The van der Waals surface area contributed by atoms with E-state index in [4.69, 9.17) is 4.98 Å². The molecule has 0 unspecified atom stereocenters. The molecule has 25 heavy (non-hydrogen) atoms. The van der Waals surface area contributed by atoms with Crippen LogP contribution in [-0.4, -0.2) is 19.4 Å². The van der Waals surface area contributed by atoms with Gasteiger partial charge in [0.2, 0.25) is 0 Å². The largest absolute Gasteiger partial charge is 0.363 e. The third-order valence-electron chi connectivity index (χ3n) is 4.19. The van der Waals surface area contributed by atoms with Gasteiger partial charge in [-0.05, 0) is 25.5 Å². The van der Waals surface area contributed by atoms with Crippen molar-refractivity contribution in [3.8, 4) is 11.3 Å². The van der Waals surface area contributed by atoms with Crippen LogP contribution in [0, 0.1) is 13.8 Å². The van der Waals surface area contributed by atoms with Gasteiger partial charge in [-0.15, -0.1) is 0 Å². The number of aromatic nitrogens is 4. The second-order valence-corrected chi connectivity index (χ2v) is 6.15. The minimum Gasteiger partial charge on any atom is -0.363 e. The summed E-state index contributed by atoms with van der Waals surface area (Å²) in [6.45, 7) is 4.80. The Morgan fingerprint density at radius 2 is 1.76 bits per heavy atom. The minimum absolute atomic E-state index is 0.618. The molecule has 3 aromatic heterocycles. The van der Waals surface area contributed by atoms with Crippen LogP contribution in [0.4, 0.5) is 5.82 Å². The summed E-state index contributed by atoms with van der Waals surface area (Å²) in [6, 6.07) is 12.6. The average Bonchev–Trinajstić information content (AvgIpc) is 2.99. The number of hydrogen-bond acceptors (Lipinski definition) is 4. The van der Waals surface area contributed by atoms with Gasteiger partial charge in [0.1, 0.15) is 11.5 Å². The first-order chi connectivity index (χ1) is 12.2. The van der Waals surface area contributed by atoms with E-state index in [-0.39, 0.29) is 0 Å². The summed E-state index contributed by atoms with van der Waals surface area (Å²) in [6.07, 6.45) is 7.19. The first-order valence-electron chi connectivity index (χ1n) is 8.25. The number of benzene rings is 1. The van der Waals surface area contributed by atoms with Crippen LogP contribution in [-0.2, 0) is 6.54 Å². The van der Waals surface area contributed by atoms with Crippen LogP contribution in [0.1, 0.15) is 16.8 Å². The molecule has 1 N–H and O–H groups in total. The lowest BCUT2D eigenvalue weighted by atomic mass is 10.1. The van der Waals surface area contributed by atoms with Gasteiger partial charge < -0.3 is 9.72 Å². The van der Waals surface area contributed by atoms with Crippen molar-refractivity contribution in [3.63, 3.8) is 0 Å². The first-order valence-corrected chi connectivity index (χ1v) is 8.25. The summed E-state index contributed by atoms with van der Waals surface area (Å²) < 4.78 is 2.15. The predicted molar refractivity (Wildman–Crippen MR) is 99.5 cm³/mol. The minimum atomic E-state index is 0.618. The molecule has 0 saturated heterocycles. The van der Waals surface area contributed by atoms with E-state index < -0.39 is 0 Å². The van der Waals surface area contributed by atoms with Crippen molar-refractivity contribution in [1.82, 2.24) is 19.4 Å². The Kier molecular flexibility index (Phi) is 3.90. The number of imidazole rings is 1. The number of pyridine rings is 1. The molecule has 0 radical (unpaired) electrons. The van der Waals surface area contributed by atoms with Crippen molar-refractivity contribution in [3.05, 3.63) is 78.0 Å². The molecule has 0 atom stereocenters. The number of anilines is 1. The fourth-order valence-electron chi connectivity index (χ4n) is 2.88. The molecule has 0 fully saturated rings. The molecule has 4 rings (SSSR count). The van der Waals surface area contributed by atoms with E-state index in [0.29, 0.717) is 6.54 Å². The maximum Gasteiger partial charge on any atom is 0.144 e. The Hall–Kier alpha value is -3.21. The first kappa shape index (κ1) is 15.3. The maximum atomic E-state index is 4.85. The fourth-order valence-corrected chi connectivity index (χ4v) is 2.88. The van der Waals surface area contributed by atoms with Gasteiger partial charge in [-0.1, -0.05) is 35.9 Å². The zero-order chi connectivity index (χ0) is 17.2. The Labute approximate surface area is 146 Å². The van der Waals surface area contributed by atoms with Gasteiger partial charge in [0.05, 0.1) is 24.1 Å². The highest BCUT2D eigenvalue weighted by Crippen LogP contribution is 2.26. The zero-order valence-corrected chi connectivity index (χ0v) is 14.3. The Morgan fingerprint density at radius 3 is 2.52 bits per heavy atom. The lowest BCUT2D eigenvalue weighted by Crippen LogP contribution is -2.05. The van der Waals surface area contributed by atoms with E-state index in [1.165, 1.54) is 11.1 Å². The van der Waals surface area contributed by atoms with Gasteiger partial charge in [0.15, 0.2) is 0 Å². The monoisotopic (exact) mass is 329 g/mol. The van der Waals surface area contributed by atoms with Crippen molar-refractivity contribution < 1.29 is 0 Å². The second kappa shape index (κ2) is 6.36. The molecule has 0 aliphatic rings. The van der Waals surface area contributed by atoms with Crippen LogP contribution >= 0.6 is 0 Å². The molecule has 0 spiro atoms. The van der Waals surface area contributed by atoms with Crippen molar-refractivity contribution in [2.75, 3.05) is 5.32 Å². The van der Waals surface area contributed by atoms with Crippen LogP contribution in [0.2, 0.25) is 0 Å². The number of aryl methyl sites for hydroxylation is 2. The molecule has 1 aromatic carbocycles. The number of nitrogens with one attached hydrogen (secondary N) is 1. The molecule has 4 aromatic rings. The van der Waals surface area contributed by atoms with Gasteiger partial charge in [-0.3, -0.25) is 4.98 Å². The Bertz CT molecular complexity index is 1000. The zero-order valence-electron chi connectivity index (χ0n) is 14.3. The summed E-state index contributed by atoms with van der Waals surface area (Å²) >= 11 is 0. The molecule has 0 aliphatic heterocycles. The molecule has 3 heterocycles. The number of hydrogen-bond donors (Lipinski definition) is 1. The van der Waals surface area contributed by atoms with Gasteiger partial charge in [-0.2, -0.15) is 0 Å². The molecule has 5 heteroatoms. The standard InChI is InChI=1S/C20H19N5/c1-14-3-6-16(7-4-14)20-17(11-23-18-12-21-9-10-22-18)25-13-15(2)5-8-19(25)24-20/h3-10,12-13H,11H2,1-2H3,(H,22,23). The van der Waals surface area contributed by atoms with Gasteiger partial charge in [-0.25, -0.2) is 9.97 Å². The molecule has 0 bridgehead atoms. The second-order valence-electron chi connectivity index (χ2n) is 6.15. The highest BCUT2D eigenvalue weighted by molar-refractivity contribution is 5.67. The maximum absolute atomic E-state index is 4.85. The summed E-state index contributed by atoms with van der Waals surface area (Å²) in [4.78, 5) is 13.2. The van der Waals surface area contributed by atoms with Crippen molar-refractivity contribution >= 4 is 11.5 Å². The van der Waals surface area contributed by atoms with Gasteiger partial charge >= 0.3 is 0 Å². The summed E-state index contributed by atoms with van der Waals surface area (Å²) in [7, 11) is 0. The predicted octanol–water partition coefficient (Wildman–Crippen LogP) is 4.02. The topological polar surface area (TPSA) is 55.1 Å². The lowest BCUT2D eigenvalue weighted by Gasteiger charge is -2.08. The SMILES string of the molecule is Cc1ccc(-c2nc3ccc(C)cn3c2CNc2cnccn2)cc1. The van der Waals surface area contributed by atoms with Gasteiger partial charge in [0.25, 0.3) is 0 Å². The number of fused-ring (bicyclic) bond motifs is 1. The third-order valence-corrected chi connectivity index (χ3v) is 4.19. The van der Waals surface area contributed by atoms with Crippen LogP contribution < -0.4 is 5.32 Å².